The predicted molar refractivity (Wildman–Crippen MR) is 247 cm³/mol. The lowest BCUT2D eigenvalue weighted by Crippen LogP contribution is -2.52. The fourth-order valence-corrected chi connectivity index (χ4v) is 8.16. The van der Waals surface area contributed by atoms with Crippen molar-refractivity contribution in [2.45, 2.75) is 220 Å². The van der Waals surface area contributed by atoms with Gasteiger partial charge in [0.05, 0.1) is 50.7 Å². The van der Waals surface area contributed by atoms with Crippen molar-refractivity contribution in [2.24, 2.45) is 0 Å². The molecule has 0 spiro atoms. The Labute approximate surface area is 371 Å². The van der Waals surface area contributed by atoms with Gasteiger partial charge in [-0.05, 0) is 73.7 Å². The molecule has 0 aromatic carbocycles. The topological polar surface area (TPSA) is 139 Å². The zero-order chi connectivity index (χ0) is 44.9. The van der Waals surface area contributed by atoms with Gasteiger partial charge in [-0.2, -0.15) is 0 Å². The first kappa shape index (κ1) is 55.2. The molecule has 4 atom stereocenters. The van der Waals surface area contributed by atoms with E-state index in [4.69, 9.17) is 23.7 Å². The maximum atomic E-state index is 10.9. The number of allylic oxidation sites excluding steroid dienone is 4. The van der Waals surface area contributed by atoms with Crippen molar-refractivity contribution in [1.29, 1.82) is 0 Å². The molecule has 354 valence electrons. The quantitative estimate of drug-likeness (QED) is 0.0357. The lowest BCUT2D eigenvalue weighted by Gasteiger charge is -2.35. The maximum Gasteiger partial charge on any atom is 0.334 e. The minimum absolute atomic E-state index is 0.0668. The number of carbonyl (C=O) groups is 1. The highest BCUT2D eigenvalue weighted by atomic mass is 16.7. The first-order chi connectivity index (χ1) is 29.7. The monoisotopic (exact) mass is 863 g/mol. The van der Waals surface area contributed by atoms with Gasteiger partial charge < -0.3 is 39.0 Å². The van der Waals surface area contributed by atoms with E-state index in [-0.39, 0.29) is 51.1 Å². The summed E-state index contributed by atoms with van der Waals surface area (Å²) in [5.41, 5.74) is 4.02. The van der Waals surface area contributed by atoms with Crippen LogP contribution in [0.1, 0.15) is 184 Å². The number of cyclic esters (lactones) is 1. The predicted octanol–water partition coefficient (Wildman–Crippen LogP) is 9.94. The number of unbranched alkanes of at least 4 members (excludes halogenated alkanes) is 8. The summed E-state index contributed by atoms with van der Waals surface area (Å²) in [6.07, 6.45) is 30.7. The summed E-state index contributed by atoms with van der Waals surface area (Å²) < 4.78 is 28.7. The van der Waals surface area contributed by atoms with Crippen molar-refractivity contribution < 1.29 is 43.8 Å². The molecule has 4 aliphatic heterocycles. The summed E-state index contributed by atoms with van der Waals surface area (Å²) >= 11 is 0. The number of rotatable bonds is 27. The Balaban J connectivity index is 0.000000336. The SMILES string of the molecule is CCCC/C=C(\CCC)C1NC(CO)(CO)CO1.CCCC/C=C(\CCC)C1OCC(=O)O1.CCCC/C=C(\CCC)C1OCC2(CO)COC(/C(=C/CCCC)CCC)N12. The first-order valence-corrected chi connectivity index (χ1v) is 24.5. The Bertz CT molecular complexity index is 1270. The Morgan fingerprint density at radius 3 is 1.38 bits per heavy atom. The second-order valence-corrected chi connectivity index (χ2v) is 17.4. The van der Waals surface area contributed by atoms with Crippen molar-refractivity contribution in [3.05, 3.63) is 46.6 Å². The molecule has 4 aliphatic rings. The second kappa shape index (κ2) is 31.8. The van der Waals surface area contributed by atoms with Gasteiger partial charge in [-0.25, -0.2) is 9.69 Å². The molecule has 4 heterocycles. The summed E-state index contributed by atoms with van der Waals surface area (Å²) in [6, 6.07) is 0. The van der Waals surface area contributed by atoms with Gasteiger partial charge in [0.2, 0.25) is 6.29 Å². The Hall–Kier alpha value is -1.93. The van der Waals surface area contributed by atoms with Crippen molar-refractivity contribution in [3.8, 4) is 0 Å². The molecule has 0 aliphatic carbocycles. The van der Waals surface area contributed by atoms with Crippen molar-refractivity contribution in [1.82, 2.24) is 10.2 Å². The van der Waals surface area contributed by atoms with E-state index >= 15 is 0 Å². The van der Waals surface area contributed by atoms with Gasteiger partial charge in [-0.3, -0.25) is 5.32 Å². The first-order valence-electron chi connectivity index (χ1n) is 24.5. The molecule has 4 rings (SSSR count). The fourth-order valence-electron chi connectivity index (χ4n) is 8.16. The summed E-state index contributed by atoms with van der Waals surface area (Å²) in [7, 11) is 0. The fraction of sp³-hybridized carbons (Fsp3) is 0.820. The third-order valence-electron chi connectivity index (χ3n) is 11.8. The van der Waals surface area contributed by atoms with Gasteiger partial charge in [-0.1, -0.05) is 157 Å². The molecular formula is C50H90N2O9. The number of hydrogen-bond acceptors (Lipinski definition) is 11. The number of hydrogen-bond donors (Lipinski definition) is 4. The lowest BCUT2D eigenvalue weighted by atomic mass is 9.98. The van der Waals surface area contributed by atoms with E-state index in [2.05, 4.69) is 89.9 Å². The van der Waals surface area contributed by atoms with E-state index in [0.29, 0.717) is 19.8 Å². The maximum absolute atomic E-state index is 10.9. The summed E-state index contributed by atoms with van der Waals surface area (Å²) in [5.74, 6) is -0.252. The molecule has 4 N–H and O–H groups in total. The minimum Gasteiger partial charge on any atom is -0.430 e. The van der Waals surface area contributed by atoms with E-state index in [1.54, 1.807) is 0 Å². The smallest absolute Gasteiger partial charge is 0.334 e. The third-order valence-corrected chi connectivity index (χ3v) is 11.8. The van der Waals surface area contributed by atoms with Crippen LogP contribution in [0.3, 0.4) is 0 Å². The van der Waals surface area contributed by atoms with Crippen LogP contribution in [0.4, 0.5) is 0 Å². The molecular weight excluding hydrogens is 773 g/mol. The number of esters is 1. The molecule has 0 aromatic rings. The molecule has 0 saturated carbocycles. The van der Waals surface area contributed by atoms with Gasteiger partial charge in [0.25, 0.3) is 0 Å². The van der Waals surface area contributed by atoms with Crippen LogP contribution >= 0.6 is 0 Å². The second-order valence-electron chi connectivity index (χ2n) is 17.4. The van der Waals surface area contributed by atoms with E-state index in [1.165, 1.54) is 68.1 Å². The minimum atomic E-state index is -0.678. The highest BCUT2D eigenvalue weighted by Crippen LogP contribution is 2.42. The average Bonchev–Trinajstić information content (AvgIpc) is 4.07. The number of carbonyl (C=O) groups excluding carboxylic acids is 1. The lowest BCUT2D eigenvalue weighted by molar-refractivity contribution is -0.140. The Morgan fingerprint density at radius 1 is 0.574 bits per heavy atom. The van der Waals surface area contributed by atoms with Crippen LogP contribution in [-0.4, -0.2) is 108 Å². The average molecular weight is 863 g/mol. The van der Waals surface area contributed by atoms with Crippen LogP contribution in [0.5, 0.6) is 0 Å². The highest BCUT2D eigenvalue weighted by molar-refractivity contribution is 5.72. The van der Waals surface area contributed by atoms with Crippen molar-refractivity contribution in [2.75, 3.05) is 46.2 Å². The van der Waals surface area contributed by atoms with Gasteiger partial charge in [0, 0.05) is 0 Å². The largest absolute Gasteiger partial charge is 0.430 e. The van der Waals surface area contributed by atoms with Crippen LogP contribution in [0.15, 0.2) is 46.6 Å². The van der Waals surface area contributed by atoms with Crippen molar-refractivity contribution in [3.63, 3.8) is 0 Å². The Morgan fingerprint density at radius 2 is 1.00 bits per heavy atom. The summed E-state index contributed by atoms with van der Waals surface area (Å²) in [5, 5.41) is 32.2. The van der Waals surface area contributed by atoms with Crippen LogP contribution in [0.2, 0.25) is 0 Å². The van der Waals surface area contributed by atoms with E-state index in [1.807, 2.05) is 0 Å². The molecule has 0 amide bonds. The standard InChI is InChI=1S/C24H43NO3.C14H27NO3.C12H20O3/c1-5-9-11-15-20(13-7-3)22-25-23(21(14-8-4)16-12-10-6-2)28-19-24(25,17-26)18-27-22;1-3-5-6-8-12(7-4-2)13-15-14(9-16,10-17)11-18-13;1-3-5-6-8-10(7-4-2)12-14-9-11(13)15-12/h15-16,22-23,26H,5-14,17-19H2,1-4H3;8,13,15-17H,3-7,9-11H2,1-2H3;8,12H,3-7,9H2,1-2H3/b20-15+,21-16+;12-8+;10-8+. The number of nitrogens with zero attached hydrogens (tertiary/aromatic N) is 1. The van der Waals surface area contributed by atoms with E-state index in [9.17, 15) is 20.1 Å². The number of fused-ring (bicyclic) bond motifs is 1. The zero-order valence-electron chi connectivity index (χ0n) is 39.9. The molecule has 11 heteroatoms. The van der Waals surface area contributed by atoms with Crippen LogP contribution in [0, 0.1) is 0 Å². The third kappa shape index (κ3) is 17.9. The van der Waals surface area contributed by atoms with Crippen LogP contribution in [-0.2, 0) is 28.5 Å². The summed E-state index contributed by atoms with van der Waals surface area (Å²) in [6.45, 7) is 19.0. The number of aliphatic hydroxyl groups excluding tert-OH is 3. The summed E-state index contributed by atoms with van der Waals surface area (Å²) in [4.78, 5) is 13.3. The number of nitrogens with one attached hydrogen (secondary N) is 1. The number of ether oxygens (including phenoxy) is 5. The van der Waals surface area contributed by atoms with E-state index in [0.717, 1.165) is 82.6 Å². The van der Waals surface area contributed by atoms with Gasteiger partial charge in [0.1, 0.15) is 25.3 Å². The normalized spacial score (nSPS) is 25.6. The van der Waals surface area contributed by atoms with Gasteiger partial charge in [0.15, 0.2) is 0 Å². The van der Waals surface area contributed by atoms with Crippen LogP contribution < -0.4 is 5.32 Å². The van der Waals surface area contributed by atoms with Gasteiger partial charge >= 0.3 is 5.97 Å². The molecule has 0 bridgehead atoms. The van der Waals surface area contributed by atoms with E-state index < -0.39 is 17.4 Å². The zero-order valence-corrected chi connectivity index (χ0v) is 39.9. The molecule has 4 fully saturated rings. The molecule has 11 nitrogen and oxygen atoms in total. The molecule has 4 saturated heterocycles. The molecule has 0 radical (unpaired) electrons. The Kier molecular flexibility index (Phi) is 28.8. The number of aliphatic hydroxyl groups is 3. The molecule has 61 heavy (non-hydrogen) atoms. The molecule has 0 aromatic heterocycles. The highest BCUT2D eigenvalue weighted by Gasteiger charge is 2.57. The van der Waals surface area contributed by atoms with Gasteiger partial charge in [-0.15, -0.1) is 0 Å². The van der Waals surface area contributed by atoms with Crippen molar-refractivity contribution >= 4 is 5.97 Å². The molecule has 4 unspecified atom stereocenters. The van der Waals surface area contributed by atoms with Crippen LogP contribution in [0.25, 0.3) is 0 Å².